The molecule has 17 heavy (non-hydrogen) atoms. The molecule has 0 aliphatic heterocycles. The molecule has 1 N–H and O–H groups in total. The Hall–Kier alpha value is -1.20. The largest absolute Gasteiger partial charge is 0.497 e. The van der Waals surface area contributed by atoms with Gasteiger partial charge in [0.15, 0.2) is 0 Å². The van der Waals surface area contributed by atoms with Crippen LogP contribution in [0.5, 0.6) is 5.75 Å². The number of nitrogens with one attached hydrogen (secondary N) is 1. The van der Waals surface area contributed by atoms with Crippen LogP contribution >= 0.6 is 0 Å². The maximum absolute atomic E-state index is 13.5. The van der Waals surface area contributed by atoms with Crippen LogP contribution in [0, 0.1) is 11.6 Å². The molecule has 1 aromatic carbocycles. The van der Waals surface area contributed by atoms with Gasteiger partial charge in [0.05, 0.1) is 20.3 Å². The van der Waals surface area contributed by atoms with Gasteiger partial charge >= 0.3 is 0 Å². The molecule has 0 saturated heterocycles. The van der Waals surface area contributed by atoms with E-state index in [-0.39, 0.29) is 17.7 Å². The van der Waals surface area contributed by atoms with Crippen molar-refractivity contribution < 1.29 is 18.3 Å². The van der Waals surface area contributed by atoms with Crippen molar-refractivity contribution in [3.05, 3.63) is 29.3 Å². The summed E-state index contributed by atoms with van der Waals surface area (Å²) >= 11 is 0. The number of methoxy groups -OCH3 is 1. The van der Waals surface area contributed by atoms with E-state index in [9.17, 15) is 8.78 Å². The van der Waals surface area contributed by atoms with Gasteiger partial charge in [-0.15, -0.1) is 0 Å². The third kappa shape index (κ3) is 4.28. The van der Waals surface area contributed by atoms with Gasteiger partial charge in [0.1, 0.15) is 17.4 Å². The fourth-order valence-electron chi connectivity index (χ4n) is 1.39. The zero-order valence-corrected chi connectivity index (χ0v) is 10.1. The minimum absolute atomic E-state index is 0.0373. The highest BCUT2D eigenvalue weighted by molar-refractivity contribution is 5.30. The zero-order chi connectivity index (χ0) is 12.7. The molecule has 0 atom stereocenters. The summed E-state index contributed by atoms with van der Waals surface area (Å²) in [6.07, 6.45) is 0.214. The second kappa shape index (κ2) is 7.19. The fourth-order valence-corrected chi connectivity index (χ4v) is 1.39. The van der Waals surface area contributed by atoms with Crippen LogP contribution in [-0.2, 0) is 11.2 Å². The highest BCUT2D eigenvalue weighted by Crippen LogP contribution is 2.20. The van der Waals surface area contributed by atoms with Crippen LogP contribution in [0.15, 0.2) is 12.1 Å². The van der Waals surface area contributed by atoms with E-state index in [0.717, 1.165) is 0 Å². The molecule has 1 aromatic rings. The van der Waals surface area contributed by atoms with Crippen LogP contribution in [0.1, 0.15) is 5.56 Å². The van der Waals surface area contributed by atoms with Crippen molar-refractivity contribution in [1.29, 1.82) is 0 Å². The van der Waals surface area contributed by atoms with Crippen LogP contribution in [0.4, 0.5) is 8.78 Å². The molecule has 5 heteroatoms. The van der Waals surface area contributed by atoms with Crippen LogP contribution < -0.4 is 10.1 Å². The molecule has 0 spiro atoms. The van der Waals surface area contributed by atoms with E-state index in [1.807, 2.05) is 7.05 Å². The molecule has 0 unspecified atom stereocenters. The van der Waals surface area contributed by atoms with E-state index in [1.165, 1.54) is 19.2 Å². The summed E-state index contributed by atoms with van der Waals surface area (Å²) in [5, 5.41) is 2.91. The highest BCUT2D eigenvalue weighted by Gasteiger charge is 2.11. The Bertz CT molecular complexity index is 335. The average Bonchev–Trinajstić information content (AvgIpc) is 2.31. The Morgan fingerprint density at radius 3 is 2.35 bits per heavy atom. The molecule has 0 aliphatic carbocycles. The van der Waals surface area contributed by atoms with Gasteiger partial charge < -0.3 is 14.8 Å². The van der Waals surface area contributed by atoms with E-state index in [4.69, 9.17) is 9.47 Å². The number of ether oxygens (including phenoxy) is 2. The van der Waals surface area contributed by atoms with Crippen LogP contribution in [0.2, 0.25) is 0 Å². The minimum Gasteiger partial charge on any atom is -0.497 e. The van der Waals surface area contributed by atoms with Gasteiger partial charge in [-0.05, 0) is 7.05 Å². The molecule has 0 radical (unpaired) electrons. The first-order valence-corrected chi connectivity index (χ1v) is 5.43. The van der Waals surface area contributed by atoms with Crippen molar-refractivity contribution in [2.75, 3.05) is 33.9 Å². The van der Waals surface area contributed by atoms with Gasteiger partial charge in [0.25, 0.3) is 0 Å². The molecule has 96 valence electrons. The molecule has 0 aliphatic rings. The predicted molar refractivity (Wildman–Crippen MR) is 61.4 cm³/mol. The molecule has 0 aromatic heterocycles. The average molecular weight is 245 g/mol. The summed E-state index contributed by atoms with van der Waals surface area (Å²) in [5.41, 5.74) is 0.0373. The van der Waals surface area contributed by atoms with Crippen molar-refractivity contribution in [3.63, 3.8) is 0 Å². The smallest absolute Gasteiger partial charge is 0.133 e. The normalized spacial score (nSPS) is 10.6. The molecule has 0 amide bonds. The second-order valence-electron chi connectivity index (χ2n) is 3.54. The van der Waals surface area contributed by atoms with Gasteiger partial charge in [-0.3, -0.25) is 0 Å². The van der Waals surface area contributed by atoms with E-state index in [1.54, 1.807) is 0 Å². The SMILES string of the molecule is CNCCOCCc1c(F)cc(OC)cc1F. The van der Waals surface area contributed by atoms with E-state index >= 15 is 0 Å². The number of likely N-dealkylation sites (N-methyl/N-ethyl adjacent to an activating group) is 1. The summed E-state index contributed by atoms with van der Waals surface area (Å²) in [6, 6.07) is 2.35. The third-order valence-electron chi connectivity index (χ3n) is 2.34. The van der Waals surface area contributed by atoms with Crippen molar-refractivity contribution in [2.45, 2.75) is 6.42 Å². The number of hydrogen-bond donors (Lipinski definition) is 1. The lowest BCUT2D eigenvalue weighted by Gasteiger charge is -2.08. The summed E-state index contributed by atoms with van der Waals surface area (Å²) in [7, 11) is 3.18. The molecular weight excluding hydrogens is 228 g/mol. The summed E-state index contributed by atoms with van der Waals surface area (Å²) in [5.74, 6) is -1.02. The maximum atomic E-state index is 13.5. The zero-order valence-electron chi connectivity index (χ0n) is 10.1. The maximum Gasteiger partial charge on any atom is 0.133 e. The third-order valence-corrected chi connectivity index (χ3v) is 2.34. The predicted octanol–water partition coefficient (Wildman–Crippen LogP) is 1.75. The van der Waals surface area contributed by atoms with Crippen LogP contribution in [0.25, 0.3) is 0 Å². The topological polar surface area (TPSA) is 30.5 Å². The number of hydrogen-bond acceptors (Lipinski definition) is 3. The number of halogens is 2. The van der Waals surface area contributed by atoms with Crippen LogP contribution in [-0.4, -0.2) is 33.9 Å². The Balaban J connectivity index is 2.53. The second-order valence-corrected chi connectivity index (χ2v) is 3.54. The van der Waals surface area contributed by atoms with Crippen LogP contribution in [0.3, 0.4) is 0 Å². The molecule has 0 bridgehead atoms. The van der Waals surface area contributed by atoms with Gasteiger partial charge in [-0.1, -0.05) is 0 Å². The number of benzene rings is 1. The Kier molecular flexibility index (Phi) is 5.86. The summed E-state index contributed by atoms with van der Waals surface area (Å²) in [6.45, 7) is 1.53. The Labute approximate surface area is 99.7 Å². The number of rotatable bonds is 7. The molecule has 1 rings (SSSR count). The lowest BCUT2D eigenvalue weighted by atomic mass is 10.1. The van der Waals surface area contributed by atoms with E-state index < -0.39 is 11.6 Å². The monoisotopic (exact) mass is 245 g/mol. The van der Waals surface area contributed by atoms with Gasteiger partial charge in [-0.25, -0.2) is 8.78 Å². The summed E-state index contributed by atoms with van der Waals surface area (Å²) < 4.78 is 37.0. The highest BCUT2D eigenvalue weighted by atomic mass is 19.1. The first-order chi connectivity index (χ1) is 8.19. The van der Waals surface area contributed by atoms with E-state index in [2.05, 4.69) is 5.32 Å². The van der Waals surface area contributed by atoms with Crippen molar-refractivity contribution in [3.8, 4) is 5.75 Å². The van der Waals surface area contributed by atoms with Gasteiger partial charge in [-0.2, -0.15) is 0 Å². The van der Waals surface area contributed by atoms with Crippen molar-refractivity contribution in [1.82, 2.24) is 5.32 Å². The molecular formula is C12H17F2NO2. The molecule has 0 saturated carbocycles. The van der Waals surface area contributed by atoms with Crippen molar-refractivity contribution in [2.24, 2.45) is 0 Å². The lowest BCUT2D eigenvalue weighted by Crippen LogP contribution is -2.15. The first-order valence-electron chi connectivity index (χ1n) is 5.43. The van der Waals surface area contributed by atoms with E-state index in [0.29, 0.717) is 19.8 Å². The van der Waals surface area contributed by atoms with Crippen molar-refractivity contribution >= 4 is 0 Å². The summed E-state index contributed by atoms with van der Waals surface area (Å²) in [4.78, 5) is 0. The Morgan fingerprint density at radius 1 is 1.18 bits per heavy atom. The molecule has 0 heterocycles. The lowest BCUT2D eigenvalue weighted by molar-refractivity contribution is 0.139. The molecule has 0 fully saturated rings. The quantitative estimate of drug-likeness (QED) is 0.742. The first kappa shape index (κ1) is 13.9. The Morgan fingerprint density at radius 2 is 1.82 bits per heavy atom. The van der Waals surface area contributed by atoms with Gasteiger partial charge in [0, 0.05) is 30.7 Å². The van der Waals surface area contributed by atoms with Gasteiger partial charge in [0.2, 0.25) is 0 Å². The standard InChI is InChI=1S/C12H17F2NO2/c1-15-4-6-17-5-3-10-11(13)7-9(16-2)8-12(10)14/h7-8,15H,3-6H2,1-2H3. The minimum atomic E-state index is -0.598. The fraction of sp³-hybridized carbons (Fsp3) is 0.500. The molecule has 3 nitrogen and oxygen atoms in total.